The van der Waals surface area contributed by atoms with Gasteiger partial charge in [0.25, 0.3) is 5.91 Å². The number of H-pyrrole nitrogens is 1. The number of nitriles is 1. The van der Waals surface area contributed by atoms with E-state index in [9.17, 15) is 9.59 Å². The largest absolute Gasteiger partial charge is 0.497 e. The van der Waals surface area contributed by atoms with Crippen molar-refractivity contribution < 1.29 is 14.3 Å². The monoisotopic (exact) mass is 378 g/mol. The van der Waals surface area contributed by atoms with Gasteiger partial charge in [0, 0.05) is 19.3 Å². The van der Waals surface area contributed by atoms with Crippen LogP contribution in [0.1, 0.15) is 34.5 Å². The van der Waals surface area contributed by atoms with Crippen molar-refractivity contribution in [1.82, 2.24) is 14.8 Å². The molecule has 144 valence electrons. The Balaban J connectivity index is 1.43. The van der Waals surface area contributed by atoms with E-state index >= 15 is 0 Å². The van der Waals surface area contributed by atoms with Crippen LogP contribution in [0.15, 0.2) is 36.5 Å². The third-order valence-corrected chi connectivity index (χ3v) is 5.69. The predicted octanol–water partition coefficient (Wildman–Crippen LogP) is 1.95. The summed E-state index contributed by atoms with van der Waals surface area (Å²) >= 11 is 0. The quantitative estimate of drug-likeness (QED) is 0.881. The highest BCUT2D eigenvalue weighted by Gasteiger charge is 2.46. The van der Waals surface area contributed by atoms with Gasteiger partial charge in [-0.3, -0.25) is 9.59 Å². The van der Waals surface area contributed by atoms with Gasteiger partial charge in [-0.2, -0.15) is 5.26 Å². The van der Waals surface area contributed by atoms with E-state index in [1.807, 2.05) is 40.1 Å². The van der Waals surface area contributed by atoms with Crippen molar-refractivity contribution in [2.75, 3.05) is 20.2 Å². The minimum absolute atomic E-state index is 0.0376. The molecule has 7 nitrogen and oxygen atoms in total. The van der Waals surface area contributed by atoms with Crippen molar-refractivity contribution in [3.05, 3.63) is 53.3 Å². The number of rotatable bonds is 4. The minimum atomic E-state index is -0.101. The third-order valence-electron chi connectivity index (χ3n) is 5.69. The average Bonchev–Trinajstić information content (AvgIpc) is 3.43. The lowest BCUT2D eigenvalue weighted by Gasteiger charge is -2.25. The average molecular weight is 378 g/mol. The van der Waals surface area contributed by atoms with Crippen LogP contribution >= 0.6 is 0 Å². The van der Waals surface area contributed by atoms with E-state index < -0.39 is 0 Å². The first-order valence-electron chi connectivity index (χ1n) is 9.42. The lowest BCUT2D eigenvalue weighted by atomic mass is 10.1. The summed E-state index contributed by atoms with van der Waals surface area (Å²) < 4.78 is 5.23. The molecule has 2 saturated heterocycles. The molecule has 2 fully saturated rings. The molecule has 0 radical (unpaired) electrons. The van der Waals surface area contributed by atoms with Gasteiger partial charge in [0.05, 0.1) is 31.2 Å². The van der Waals surface area contributed by atoms with Crippen molar-refractivity contribution in [3.63, 3.8) is 0 Å². The molecule has 2 amide bonds. The number of carbonyl (C=O) groups excluding carboxylic acids is 2. The summed E-state index contributed by atoms with van der Waals surface area (Å²) in [4.78, 5) is 32.4. The van der Waals surface area contributed by atoms with Gasteiger partial charge >= 0.3 is 0 Å². The maximum absolute atomic E-state index is 12.9. The Morgan fingerprint density at radius 3 is 2.68 bits per heavy atom. The number of hydrogen-bond acceptors (Lipinski definition) is 4. The molecular formula is C21H22N4O3. The fourth-order valence-electron chi connectivity index (χ4n) is 4.34. The zero-order valence-electron chi connectivity index (χ0n) is 15.7. The van der Waals surface area contributed by atoms with E-state index in [1.54, 1.807) is 19.4 Å². The predicted molar refractivity (Wildman–Crippen MR) is 102 cm³/mol. The Labute approximate surface area is 163 Å². The fraction of sp³-hybridized carbons (Fsp3) is 0.381. The van der Waals surface area contributed by atoms with Crippen LogP contribution in [0.4, 0.5) is 0 Å². The zero-order valence-corrected chi connectivity index (χ0v) is 15.7. The summed E-state index contributed by atoms with van der Waals surface area (Å²) in [5, 5.41) is 8.95. The number of methoxy groups -OCH3 is 1. The normalized spacial score (nSPS) is 20.7. The van der Waals surface area contributed by atoms with Crippen LogP contribution in [0.25, 0.3) is 0 Å². The topological polar surface area (TPSA) is 89.4 Å². The van der Waals surface area contributed by atoms with E-state index in [-0.39, 0.29) is 23.9 Å². The Morgan fingerprint density at radius 2 is 1.96 bits per heavy atom. The second-order valence-electron chi connectivity index (χ2n) is 7.24. The second kappa shape index (κ2) is 7.39. The van der Waals surface area contributed by atoms with Crippen LogP contribution in [0.3, 0.4) is 0 Å². The highest BCUT2D eigenvalue weighted by atomic mass is 16.5. The lowest BCUT2D eigenvalue weighted by Crippen LogP contribution is -2.42. The number of aromatic nitrogens is 1. The molecular weight excluding hydrogens is 356 g/mol. The zero-order chi connectivity index (χ0) is 19.7. The Morgan fingerprint density at radius 1 is 1.21 bits per heavy atom. The van der Waals surface area contributed by atoms with Crippen molar-refractivity contribution in [1.29, 1.82) is 5.26 Å². The minimum Gasteiger partial charge on any atom is -0.497 e. The van der Waals surface area contributed by atoms with E-state index in [4.69, 9.17) is 10.00 Å². The molecule has 2 aliphatic rings. The van der Waals surface area contributed by atoms with Crippen LogP contribution in [0.2, 0.25) is 0 Å². The molecule has 1 aromatic heterocycles. The Hall–Kier alpha value is -3.27. The van der Waals surface area contributed by atoms with Crippen LogP contribution in [0, 0.1) is 11.3 Å². The standard InChI is InChI=1S/C21H22N4O3/c1-28-16-4-2-3-14(9-16)11-20(26)24-7-5-19-18(24)6-8-25(19)21(27)17-10-15(12-22)13-23-17/h2-4,9-10,13,18-19,23H,5-8,11H2,1H3/t18-,19-/m0/s1. The summed E-state index contributed by atoms with van der Waals surface area (Å²) in [7, 11) is 1.61. The number of amides is 2. The van der Waals surface area contributed by atoms with Crippen molar-refractivity contribution in [2.24, 2.45) is 0 Å². The second-order valence-corrected chi connectivity index (χ2v) is 7.24. The van der Waals surface area contributed by atoms with Gasteiger partial charge in [-0.25, -0.2) is 0 Å². The van der Waals surface area contributed by atoms with Crippen molar-refractivity contribution in [3.8, 4) is 11.8 Å². The van der Waals surface area contributed by atoms with Gasteiger partial charge < -0.3 is 19.5 Å². The summed E-state index contributed by atoms with van der Waals surface area (Å²) in [5.41, 5.74) is 1.80. The number of hydrogen-bond donors (Lipinski definition) is 1. The van der Waals surface area contributed by atoms with E-state index in [2.05, 4.69) is 4.98 Å². The maximum Gasteiger partial charge on any atom is 0.270 e. The highest BCUT2D eigenvalue weighted by molar-refractivity contribution is 5.93. The van der Waals surface area contributed by atoms with E-state index in [0.717, 1.165) is 24.2 Å². The molecule has 0 bridgehead atoms. The first-order valence-corrected chi connectivity index (χ1v) is 9.42. The van der Waals surface area contributed by atoms with Gasteiger partial charge in [0.1, 0.15) is 17.5 Å². The first kappa shape index (κ1) is 18.1. The molecule has 7 heteroatoms. The van der Waals surface area contributed by atoms with Gasteiger partial charge in [0.2, 0.25) is 5.91 Å². The third kappa shape index (κ3) is 3.22. The highest BCUT2D eigenvalue weighted by Crippen LogP contribution is 2.33. The molecule has 0 spiro atoms. The molecule has 4 rings (SSSR count). The van der Waals surface area contributed by atoms with Gasteiger partial charge in [-0.15, -0.1) is 0 Å². The number of benzene rings is 1. The smallest absolute Gasteiger partial charge is 0.270 e. The van der Waals surface area contributed by atoms with Crippen molar-refractivity contribution in [2.45, 2.75) is 31.3 Å². The lowest BCUT2D eigenvalue weighted by molar-refractivity contribution is -0.131. The summed E-state index contributed by atoms with van der Waals surface area (Å²) in [6.45, 7) is 1.29. The van der Waals surface area contributed by atoms with Crippen LogP contribution in [-0.4, -0.2) is 58.9 Å². The van der Waals surface area contributed by atoms with Gasteiger partial charge in [0.15, 0.2) is 0 Å². The molecule has 2 aliphatic heterocycles. The number of fused-ring (bicyclic) bond motifs is 1. The number of likely N-dealkylation sites (tertiary alicyclic amines) is 2. The van der Waals surface area contributed by atoms with Crippen molar-refractivity contribution >= 4 is 11.8 Å². The molecule has 1 aromatic carbocycles. The van der Waals surface area contributed by atoms with E-state index in [1.165, 1.54) is 0 Å². The fourth-order valence-corrected chi connectivity index (χ4v) is 4.34. The summed E-state index contributed by atoms with van der Waals surface area (Å²) in [6, 6.07) is 11.3. The Bertz CT molecular complexity index is 945. The van der Waals surface area contributed by atoms with Gasteiger partial charge in [-0.1, -0.05) is 12.1 Å². The molecule has 2 aromatic rings. The number of nitrogens with one attached hydrogen (secondary N) is 1. The number of aromatic amines is 1. The summed E-state index contributed by atoms with van der Waals surface area (Å²) in [5.74, 6) is 0.725. The number of carbonyl (C=O) groups is 2. The molecule has 0 aliphatic carbocycles. The molecule has 0 saturated carbocycles. The molecule has 1 N–H and O–H groups in total. The maximum atomic E-state index is 12.9. The van der Waals surface area contributed by atoms with Crippen LogP contribution < -0.4 is 4.74 Å². The first-order chi connectivity index (χ1) is 13.6. The van der Waals surface area contributed by atoms with Crippen LogP contribution in [0.5, 0.6) is 5.75 Å². The SMILES string of the molecule is COc1cccc(CC(=O)N2CC[C@H]3[C@@H]2CCN3C(=O)c2cc(C#N)c[nH]2)c1. The molecule has 2 atom stereocenters. The molecule has 3 heterocycles. The molecule has 0 unspecified atom stereocenters. The summed E-state index contributed by atoms with van der Waals surface area (Å²) in [6.07, 6.45) is 3.44. The van der Waals surface area contributed by atoms with Crippen LogP contribution in [-0.2, 0) is 11.2 Å². The number of nitrogens with zero attached hydrogens (tertiary/aromatic N) is 3. The number of ether oxygens (including phenoxy) is 1. The Kier molecular flexibility index (Phi) is 4.78. The molecule has 28 heavy (non-hydrogen) atoms. The van der Waals surface area contributed by atoms with Gasteiger partial charge in [-0.05, 0) is 36.6 Å². The van der Waals surface area contributed by atoms with E-state index in [0.29, 0.717) is 30.8 Å².